The van der Waals surface area contributed by atoms with Crippen LogP contribution in [0.25, 0.3) is 11.3 Å². The van der Waals surface area contributed by atoms with Gasteiger partial charge in [0.15, 0.2) is 12.2 Å². The largest absolute Gasteiger partial charge is 0.463 e. The third-order valence-corrected chi connectivity index (χ3v) is 6.74. The van der Waals surface area contributed by atoms with Crippen molar-refractivity contribution in [2.75, 3.05) is 6.61 Å². The highest BCUT2D eigenvalue weighted by Gasteiger charge is 2.53. The number of nitrogens with zero attached hydrogens (tertiary/aromatic N) is 4. The van der Waals surface area contributed by atoms with Crippen molar-refractivity contribution in [3.8, 4) is 23.2 Å². The standard InChI is InChI=1S/C33H32N4O10/c1-18-25(16-34)32(35-28(23-12-8-6-9-13-23)27(18)37-36-24-14-10-7-11-15-24)47-33-31(45-22(5)41)30(44-21(4)40)29(43-20(3)39)26(46-33)17-42-19(2)38/h6-15,26,29-31,33H,17H2,1-5H3/t26-,29-,30+,31-,33+/m1/s1. The van der Waals surface area contributed by atoms with Crippen LogP contribution < -0.4 is 4.74 Å². The minimum Gasteiger partial charge on any atom is -0.463 e. The van der Waals surface area contributed by atoms with Crippen molar-refractivity contribution >= 4 is 35.3 Å². The van der Waals surface area contributed by atoms with Gasteiger partial charge in [0.2, 0.25) is 18.3 Å². The highest BCUT2D eigenvalue weighted by atomic mass is 16.7. The van der Waals surface area contributed by atoms with E-state index in [9.17, 15) is 24.4 Å². The van der Waals surface area contributed by atoms with Crippen LogP contribution in [0.5, 0.6) is 5.88 Å². The average Bonchev–Trinajstić information content (AvgIpc) is 3.02. The normalized spacial score (nSPS) is 20.5. The van der Waals surface area contributed by atoms with E-state index in [0.717, 1.165) is 27.7 Å². The first-order chi connectivity index (χ1) is 22.5. The SMILES string of the molecule is CC(=O)OC[C@H]1O[C@@H](Oc2nc(-c3ccccc3)c(N=Nc3ccccc3)c(C)c2C#N)[C@H](OC(C)=O)[C@@H](OC(C)=O)[C@@H]1OC(C)=O. The predicted molar refractivity (Wildman–Crippen MR) is 162 cm³/mol. The molecule has 0 spiro atoms. The van der Waals surface area contributed by atoms with Gasteiger partial charge in [-0.3, -0.25) is 19.2 Å². The zero-order valence-corrected chi connectivity index (χ0v) is 26.2. The van der Waals surface area contributed by atoms with Crippen molar-refractivity contribution in [3.63, 3.8) is 0 Å². The first-order valence-corrected chi connectivity index (χ1v) is 14.4. The molecule has 0 aliphatic carbocycles. The van der Waals surface area contributed by atoms with Crippen LogP contribution in [0.3, 0.4) is 0 Å². The van der Waals surface area contributed by atoms with Gasteiger partial charge in [-0.05, 0) is 19.1 Å². The fraction of sp³-hybridized carbons (Fsp3) is 0.333. The molecule has 3 aromatic rings. The molecule has 5 atom stereocenters. The second-order valence-corrected chi connectivity index (χ2v) is 10.3. The Labute approximate surface area is 270 Å². The van der Waals surface area contributed by atoms with Crippen molar-refractivity contribution in [2.24, 2.45) is 10.2 Å². The molecule has 1 aliphatic rings. The van der Waals surface area contributed by atoms with E-state index in [4.69, 9.17) is 28.4 Å². The molecular formula is C33H32N4O10. The number of carbonyl (C=O) groups excluding carboxylic acids is 4. The fourth-order valence-corrected chi connectivity index (χ4v) is 4.80. The number of esters is 4. The maximum absolute atomic E-state index is 12.3. The molecule has 0 N–H and O–H groups in total. The number of aromatic nitrogens is 1. The molecular weight excluding hydrogens is 612 g/mol. The van der Waals surface area contributed by atoms with E-state index < -0.39 is 61.2 Å². The zero-order chi connectivity index (χ0) is 34.1. The minimum atomic E-state index is -1.60. The Kier molecular flexibility index (Phi) is 11.3. The first-order valence-electron chi connectivity index (χ1n) is 14.4. The van der Waals surface area contributed by atoms with Crippen LogP contribution in [0, 0.1) is 18.3 Å². The highest BCUT2D eigenvalue weighted by molar-refractivity contribution is 5.77. The van der Waals surface area contributed by atoms with E-state index in [2.05, 4.69) is 21.3 Å². The lowest BCUT2D eigenvalue weighted by atomic mass is 9.98. The summed E-state index contributed by atoms with van der Waals surface area (Å²) in [6.45, 7) is 5.68. The lowest BCUT2D eigenvalue weighted by molar-refractivity contribution is -0.289. The van der Waals surface area contributed by atoms with E-state index in [1.165, 1.54) is 0 Å². The average molecular weight is 645 g/mol. The van der Waals surface area contributed by atoms with Gasteiger partial charge in [-0.15, -0.1) is 5.11 Å². The van der Waals surface area contributed by atoms with Gasteiger partial charge in [0.05, 0.1) is 5.69 Å². The van der Waals surface area contributed by atoms with Crippen LogP contribution in [0.15, 0.2) is 70.9 Å². The van der Waals surface area contributed by atoms with Gasteiger partial charge in [0.25, 0.3) is 0 Å². The first kappa shape index (κ1) is 34.2. The van der Waals surface area contributed by atoms with Gasteiger partial charge >= 0.3 is 23.9 Å². The summed E-state index contributed by atoms with van der Waals surface area (Å²) in [6.07, 6.45) is -7.25. The molecule has 0 unspecified atom stereocenters. The predicted octanol–water partition coefficient (Wildman–Crippen LogP) is 4.81. The van der Waals surface area contributed by atoms with Crippen LogP contribution in [-0.2, 0) is 42.9 Å². The van der Waals surface area contributed by atoms with Crippen molar-refractivity contribution in [1.82, 2.24) is 4.98 Å². The van der Waals surface area contributed by atoms with Crippen LogP contribution >= 0.6 is 0 Å². The zero-order valence-electron chi connectivity index (χ0n) is 26.2. The number of carbonyl (C=O) groups is 4. The van der Waals surface area contributed by atoms with Gasteiger partial charge < -0.3 is 28.4 Å². The molecule has 14 nitrogen and oxygen atoms in total. The maximum Gasteiger partial charge on any atom is 0.303 e. The number of benzene rings is 2. The highest BCUT2D eigenvalue weighted by Crippen LogP contribution is 2.39. The third kappa shape index (κ3) is 8.74. The summed E-state index contributed by atoms with van der Waals surface area (Å²) in [5.41, 5.74) is 2.12. The number of hydrogen-bond acceptors (Lipinski definition) is 14. The second-order valence-electron chi connectivity index (χ2n) is 10.3. The Hall–Kier alpha value is -5.68. The number of hydrogen-bond donors (Lipinski definition) is 0. The molecule has 0 radical (unpaired) electrons. The van der Waals surface area contributed by atoms with Crippen LogP contribution in [0.1, 0.15) is 38.8 Å². The summed E-state index contributed by atoms with van der Waals surface area (Å²) in [4.78, 5) is 52.9. The molecule has 2 heterocycles. The van der Waals surface area contributed by atoms with Gasteiger partial charge in [-0.25, -0.2) is 4.98 Å². The molecule has 47 heavy (non-hydrogen) atoms. The number of azo groups is 1. The lowest BCUT2D eigenvalue weighted by Crippen LogP contribution is -2.63. The summed E-state index contributed by atoms with van der Waals surface area (Å²) in [5.74, 6) is -3.29. The molecule has 1 aliphatic heterocycles. The van der Waals surface area contributed by atoms with E-state index in [1.54, 1.807) is 43.3 Å². The Morgan fingerprint density at radius 1 is 0.809 bits per heavy atom. The Bertz CT molecular complexity index is 1690. The number of ether oxygens (including phenoxy) is 6. The molecule has 14 heteroatoms. The van der Waals surface area contributed by atoms with E-state index >= 15 is 0 Å². The van der Waals surface area contributed by atoms with Crippen molar-refractivity contribution in [3.05, 3.63) is 71.8 Å². The molecule has 0 saturated carbocycles. The molecule has 244 valence electrons. The second kappa shape index (κ2) is 15.5. The van der Waals surface area contributed by atoms with Crippen LogP contribution in [0.4, 0.5) is 11.4 Å². The molecule has 1 saturated heterocycles. The number of rotatable bonds is 10. The molecule has 0 amide bonds. The summed E-state index contributed by atoms with van der Waals surface area (Å²) in [7, 11) is 0. The third-order valence-electron chi connectivity index (χ3n) is 6.74. The topological polar surface area (TPSA) is 185 Å². The molecule has 4 rings (SSSR count). The Morgan fingerprint density at radius 2 is 1.38 bits per heavy atom. The lowest BCUT2D eigenvalue weighted by Gasteiger charge is -2.43. The fourth-order valence-electron chi connectivity index (χ4n) is 4.80. The van der Waals surface area contributed by atoms with Crippen molar-refractivity contribution in [2.45, 2.75) is 65.3 Å². The quantitative estimate of drug-likeness (QED) is 0.167. The van der Waals surface area contributed by atoms with Gasteiger partial charge in [-0.1, -0.05) is 48.5 Å². The minimum absolute atomic E-state index is 0.0421. The Morgan fingerprint density at radius 3 is 1.96 bits per heavy atom. The van der Waals surface area contributed by atoms with E-state index in [-0.39, 0.29) is 11.4 Å². The van der Waals surface area contributed by atoms with Gasteiger partial charge in [0, 0.05) is 38.8 Å². The molecule has 2 aromatic carbocycles. The number of nitriles is 1. The van der Waals surface area contributed by atoms with E-state index in [0.29, 0.717) is 28.2 Å². The van der Waals surface area contributed by atoms with E-state index in [1.807, 2.05) is 24.3 Å². The summed E-state index contributed by atoms with van der Waals surface area (Å²) < 4.78 is 33.8. The van der Waals surface area contributed by atoms with Crippen LogP contribution in [-0.4, -0.2) is 66.2 Å². The maximum atomic E-state index is 12.3. The number of pyridine rings is 1. The molecule has 1 aromatic heterocycles. The van der Waals surface area contributed by atoms with Crippen LogP contribution in [0.2, 0.25) is 0 Å². The smallest absolute Gasteiger partial charge is 0.303 e. The summed E-state index contributed by atoms with van der Waals surface area (Å²) >= 11 is 0. The monoisotopic (exact) mass is 644 g/mol. The van der Waals surface area contributed by atoms with Crippen molar-refractivity contribution in [1.29, 1.82) is 5.26 Å². The summed E-state index contributed by atoms with van der Waals surface area (Å²) in [5, 5.41) is 19.0. The van der Waals surface area contributed by atoms with Gasteiger partial charge in [0.1, 0.15) is 35.7 Å². The molecule has 1 fully saturated rings. The van der Waals surface area contributed by atoms with Crippen molar-refractivity contribution < 1.29 is 47.6 Å². The Balaban J connectivity index is 1.86. The summed E-state index contributed by atoms with van der Waals surface area (Å²) in [6, 6.07) is 20.0. The van der Waals surface area contributed by atoms with Gasteiger partial charge in [-0.2, -0.15) is 10.4 Å². The molecule has 0 bridgehead atoms.